The van der Waals surface area contributed by atoms with E-state index in [0.29, 0.717) is 5.82 Å². The van der Waals surface area contributed by atoms with Crippen molar-refractivity contribution in [1.29, 1.82) is 0 Å². The Balaban J connectivity index is 2.21. The minimum atomic E-state index is 0.144. The summed E-state index contributed by atoms with van der Waals surface area (Å²) in [6.07, 6.45) is 1.83. The van der Waals surface area contributed by atoms with Crippen LogP contribution in [0.2, 0.25) is 5.28 Å². The third-order valence-electron chi connectivity index (χ3n) is 2.41. The Morgan fingerprint density at radius 3 is 2.84 bits per heavy atom. The van der Waals surface area contributed by atoms with E-state index in [1.54, 1.807) is 6.20 Å². The highest BCUT2D eigenvalue weighted by molar-refractivity contribution is 6.28. The Bertz CT molecular complexity index is 572. The average molecular weight is 278 g/mol. The molecule has 0 fully saturated rings. The lowest BCUT2D eigenvalue weighted by Gasteiger charge is -2.12. The lowest BCUT2D eigenvalue weighted by Crippen LogP contribution is -2.05. The number of nitrogens with one attached hydrogen (secondary N) is 1. The molecule has 0 aliphatic carbocycles. The van der Waals surface area contributed by atoms with E-state index < -0.39 is 0 Å². The van der Waals surface area contributed by atoms with Crippen molar-refractivity contribution >= 4 is 23.1 Å². The third kappa shape index (κ3) is 3.83. The van der Waals surface area contributed by atoms with Gasteiger partial charge in [-0.15, -0.1) is 0 Å². The van der Waals surface area contributed by atoms with Crippen LogP contribution < -0.4 is 10.1 Å². The summed E-state index contributed by atoms with van der Waals surface area (Å²) in [5, 5.41) is 3.44. The zero-order chi connectivity index (χ0) is 13.8. The van der Waals surface area contributed by atoms with Gasteiger partial charge in [-0.05, 0) is 44.5 Å². The molecule has 1 N–H and O–H groups in total. The third-order valence-corrected chi connectivity index (χ3v) is 2.59. The van der Waals surface area contributed by atoms with E-state index in [-0.39, 0.29) is 11.4 Å². The number of anilines is 2. The van der Waals surface area contributed by atoms with Gasteiger partial charge < -0.3 is 10.1 Å². The Kier molecular flexibility index (Phi) is 4.22. The van der Waals surface area contributed by atoms with Crippen LogP contribution in [0.25, 0.3) is 0 Å². The molecule has 0 atom stereocenters. The van der Waals surface area contributed by atoms with Crippen molar-refractivity contribution in [2.75, 3.05) is 5.32 Å². The molecule has 0 radical (unpaired) electrons. The molecule has 0 amide bonds. The number of ether oxygens (including phenoxy) is 1. The molecule has 1 aromatic carbocycles. The lowest BCUT2D eigenvalue weighted by molar-refractivity contribution is 0.242. The van der Waals surface area contributed by atoms with Crippen molar-refractivity contribution in [1.82, 2.24) is 9.97 Å². The van der Waals surface area contributed by atoms with E-state index in [1.165, 1.54) is 0 Å². The van der Waals surface area contributed by atoms with E-state index in [1.807, 2.05) is 45.0 Å². The van der Waals surface area contributed by atoms with Crippen molar-refractivity contribution in [3.05, 3.63) is 41.3 Å². The Labute approximate surface area is 117 Å². The lowest BCUT2D eigenvalue weighted by atomic mass is 10.2. The number of hydrogen-bond acceptors (Lipinski definition) is 4. The zero-order valence-electron chi connectivity index (χ0n) is 11.1. The first-order valence-corrected chi connectivity index (χ1v) is 6.45. The van der Waals surface area contributed by atoms with Crippen LogP contribution in [0.15, 0.2) is 30.5 Å². The summed E-state index contributed by atoms with van der Waals surface area (Å²) in [5.74, 6) is 1.51. The second-order valence-corrected chi connectivity index (χ2v) is 4.83. The summed E-state index contributed by atoms with van der Waals surface area (Å²) in [4.78, 5) is 8.09. The SMILES string of the molecule is Cc1cnc(Cl)nc1Nc1cccc(OC(C)C)c1. The molecule has 19 heavy (non-hydrogen) atoms. The van der Waals surface area contributed by atoms with Gasteiger partial charge >= 0.3 is 0 Å². The van der Waals surface area contributed by atoms with E-state index in [9.17, 15) is 0 Å². The van der Waals surface area contributed by atoms with Crippen molar-refractivity contribution in [2.24, 2.45) is 0 Å². The molecule has 0 aliphatic heterocycles. The van der Waals surface area contributed by atoms with E-state index in [2.05, 4.69) is 15.3 Å². The number of nitrogens with zero attached hydrogens (tertiary/aromatic N) is 2. The Morgan fingerprint density at radius 2 is 2.11 bits per heavy atom. The van der Waals surface area contributed by atoms with Crippen molar-refractivity contribution in [2.45, 2.75) is 26.9 Å². The topological polar surface area (TPSA) is 47.0 Å². The minimum Gasteiger partial charge on any atom is -0.491 e. The van der Waals surface area contributed by atoms with Gasteiger partial charge in [0.2, 0.25) is 5.28 Å². The fourth-order valence-corrected chi connectivity index (χ4v) is 1.74. The van der Waals surface area contributed by atoms with Crippen LogP contribution >= 0.6 is 11.6 Å². The molecular formula is C14H16ClN3O. The van der Waals surface area contributed by atoms with Gasteiger partial charge in [0.25, 0.3) is 0 Å². The fourth-order valence-electron chi connectivity index (χ4n) is 1.60. The second kappa shape index (κ2) is 5.89. The predicted molar refractivity (Wildman–Crippen MR) is 77.3 cm³/mol. The van der Waals surface area contributed by atoms with Crippen LogP contribution in [0, 0.1) is 6.92 Å². The first-order chi connectivity index (χ1) is 9.04. The van der Waals surface area contributed by atoms with Gasteiger partial charge in [0.1, 0.15) is 11.6 Å². The molecule has 0 unspecified atom stereocenters. The van der Waals surface area contributed by atoms with Crippen LogP contribution in [-0.2, 0) is 0 Å². The highest BCUT2D eigenvalue weighted by atomic mass is 35.5. The highest BCUT2D eigenvalue weighted by Crippen LogP contribution is 2.23. The summed E-state index contributed by atoms with van der Waals surface area (Å²) in [5.41, 5.74) is 1.83. The van der Waals surface area contributed by atoms with Crippen LogP contribution in [0.3, 0.4) is 0 Å². The molecular weight excluding hydrogens is 262 g/mol. The number of aromatic nitrogens is 2. The number of halogens is 1. The van der Waals surface area contributed by atoms with Crippen molar-refractivity contribution in [3.63, 3.8) is 0 Å². The zero-order valence-corrected chi connectivity index (χ0v) is 11.9. The van der Waals surface area contributed by atoms with Crippen molar-refractivity contribution < 1.29 is 4.74 Å². The van der Waals surface area contributed by atoms with Crippen LogP contribution in [0.5, 0.6) is 5.75 Å². The standard InChI is InChI=1S/C14H16ClN3O/c1-9(2)19-12-6-4-5-11(7-12)17-13-10(3)8-16-14(15)18-13/h4-9H,1-3H3,(H,16,17,18). The predicted octanol–water partition coefficient (Wildman–Crippen LogP) is 3.97. The highest BCUT2D eigenvalue weighted by Gasteiger charge is 2.04. The molecule has 5 heteroatoms. The van der Waals surface area contributed by atoms with Crippen LogP contribution in [0.1, 0.15) is 19.4 Å². The maximum atomic E-state index is 5.80. The van der Waals surface area contributed by atoms with E-state index in [4.69, 9.17) is 16.3 Å². The molecule has 0 saturated heterocycles. The van der Waals surface area contributed by atoms with Gasteiger partial charge in [0, 0.05) is 23.5 Å². The minimum absolute atomic E-state index is 0.144. The van der Waals surface area contributed by atoms with Crippen LogP contribution in [0.4, 0.5) is 11.5 Å². The molecule has 2 aromatic rings. The normalized spacial score (nSPS) is 10.6. The number of hydrogen-bond donors (Lipinski definition) is 1. The molecule has 0 spiro atoms. The van der Waals surface area contributed by atoms with Gasteiger partial charge in [-0.3, -0.25) is 0 Å². The Hall–Kier alpha value is -1.81. The van der Waals surface area contributed by atoms with Gasteiger partial charge in [-0.25, -0.2) is 9.97 Å². The second-order valence-electron chi connectivity index (χ2n) is 4.49. The quantitative estimate of drug-likeness (QED) is 0.859. The molecule has 1 aromatic heterocycles. The van der Waals surface area contributed by atoms with Gasteiger partial charge in [0.15, 0.2) is 0 Å². The average Bonchev–Trinajstić information content (AvgIpc) is 2.33. The molecule has 2 rings (SSSR count). The van der Waals surface area contributed by atoms with Crippen molar-refractivity contribution in [3.8, 4) is 5.75 Å². The van der Waals surface area contributed by atoms with Gasteiger partial charge in [-0.1, -0.05) is 6.07 Å². The maximum absolute atomic E-state index is 5.80. The molecule has 0 bridgehead atoms. The summed E-state index contributed by atoms with van der Waals surface area (Å²) >= 11 is 5.80. The maximum Gasteiger partial charge on any atom is 0.224 e. The Morgan fingerprint density at radius 1 is 1.32 bits per heavy atom. The first-order valence-electron chi connectivity index (χ1n) is 6.07. The van der Waals surface area contributed by atoms with Crippen LogP contribution in [-0.4, -0.2) is 16.1 Å². The molecule has 1 heterocycles. The fraction of sp³-hybridized carbons (Fsp3) is 0.286. The largest absolute Gasteiger partial charge is 0.491 e. The number of rotatable bonds is 4. The summed E-state index contributed by atoms with van der Waals surface area (Å²) in [6, 6.07) is 7.72. The van der Waals surface area contributed by atoms with E-state index >= 15 is 0 Å². The molecule has 100 valence electrons. The molecule has 0 aliphatic rings. The smallest absolute Gasteiger partial charge is 0.224 e. The summed E-state index contributed by atoms with van der Waals surface area (Å²) in [6.45, 7) is 5.91. The number of aryl methyl sites for hydroxylation is 1. The van der Waals surface area contributed by atoms with Gasteiger partial charge in [0.05, 0.1) is 6.10 Å². The molecule has 0 saturated carbocycles. The summed E-state index contributed by atoms with van der Waals surface area (Å²) in [7, 11) is 0. The monoisotopic (exact) mass is 277 g/mol. The first kappa shape index (κ1) is 13.6. The number of benzene rings is 1. The molecule has 4 nitrogen and oxygen atoms in total. The van der Waals surface area contributed by atoms with Gasteiger partial charge in [-0.2, -0.15) is 0 Å². The van der Waals surface area contributed by atoms with E-state index in [0.717, 1.165) is 17.0 Å². The summed E-state index contributed by atoms with van der Waals surface area (Å²) < 4.78 is 5.65.